The third-order valence-corrected chi connectivity index (χ3v) is 7.49. The number of aliphatic hydroxyl groups excluding tert-OH is 1. The van der Waals surface area contributed by atoms with Crippen LogP contribution in [0.2, 0.25) is 0 Å². The van der Waals surface area contributed by atoms with Crippen LogP contribution in [0.1, 0.15) is 11.1 Å². The number of pyridine rings is 1. The van der Waals surface area contributed by atoms with Gasteiger partial charge in [-0.2, -0.15) is 0 Å². The highest BCUT2D eigenvalue weighted by Gasteiger charge is 2.15. The van der Waals surface area contributed by atoms with Crippen molar-refractivity contribution in [2.24, 2.45) is 0 Å². The zero-order chi connectivity index (χ0) is 31.9. The first-order valence-corrected chi connectivity index (χ1v) is 14.5. The molecule has 10 nitrogen and oxygen atoms in total. The Morgan fingerprint density at radius 2 is 1.56 bits per heavy atom. The molecule has 1 unspecified atom stereocenters. The summed E-state index contributed by atoms with van der Waals surface area (Å²) in [5, 5.41) is 14.5. The predicted molar refractivity (Wildman–Crippen MR) is 175 cm³/mol. The first-order valence-electron chi connectivity index (χ1n) is 14.5. The maximum absolute atomic E-state index is 13.2. The number of para-hydroxylation sites is 2. The monoisotopic (exact) mass is 611 g/mol. The number of carbonyl (C=O) groups excluding carboxylic acids is 1. The summed E-state index contributed by atoms with van der Waals surface area (Å²) in [4.78, 5) is 31.5. The fourth-order valence-electron chi connectivity index (χ4n) is 5.35. The number of carbonyl (C=O) groups is 1. The van der Waals surface area contributed by atoms with E-state index in [-0.39, 0.29) is 24.4 Å². The van der Waals surface area contributed by atoms with Gasteiger partial charge in [0.05, 0.1) is 38.8 Å². The second kappa shape index (κ2) is 14.1. The maximum Gasteiger partial charge on any atom is 0.228 e. The Morgan fingerprint density at radius 3 is 2.27 bits per heavy atom. The Hall–Kier alpha value is -5.06. The predicted octanol–water partition coefficient (Wildman–Crippen LogP) is 4.76. The van der Waals surface area contributed by atoms with Crippen molar-refractivity contribution in [2.45, 2.75) is 19.1 Å². The van der Waals surface area contributed by atoms with Gasteiger partial charge in [-0.1, -0.05) is 24.3 Å². The second-order valence-electron chi connectivity index (χ2n) is 10.8. The number of likely N-dealkylation sites (N-methyl/N-ethyl adjacent to an activating group) is 1. The van der Waals surface area contributed by atoms with Crippen LogP contribution in [0.25, 0.3) is 21.8 Å². The lowest BCUT2D eigenvalue weighted by molar-refractivity contribution is -0.115. The molecule has 10 heteroatoms. The van der Waals surface area contributed by atoms with E-state index in [2.05, 4.69) is 10.3 Å². The number of anilines is 1. The number of H-pyrrole nitrogens is 1. The van der Waals surface area contributed by atoms with Gasteiger partial charge in [-0.15, -0.1) is 0 Å². The Morgan fingerprint density at radius 1 is 0.867 bits per heavy atom. The molecule has 0 aliphatic rings. The molecule has 45 heavy (non-hydrogen) atoms. The van der Waals surface area contributed by atoms with E-state index in [4.69, 9.17) is 18.9 Å². The highest BCUT2D eigenvalue weighted by molar-refractivity contribution is 5.99. The van der Waals surface area contributed by atoms with Crippen LogP contribution in [0.4, 0.5) is 5.69 Å². The maximum atomic E-state index is 13.2. The molecule has 0 radical (unpaired) electrons. The summed E-state index contributed by atoms with van der Waals surface area (Å²) in [6.45, 7) is 1.14. The van der Waals surface area contributed by atoms with Gasteiger partial charge in [0.1, 0.15) is 24.2 Å². The molecule has 0 spiro atoms. The van der Waals surface area contributed by atoms with E-state index in [1.165, 1.54) is 0 Å². The van der Waals surface area contributed by atoms with E-state index in [0.29, 0.717) is 69.1 Å². The number of hydrogen-bond acceptors (Lipinski definition) is 8. The van der Waals surface area contributed by atoms with Crippen molar-refractivity contribution in [3.63, 3.8) is 0 Å². The summed E-state index contributed by atoms with van der Waals surface area (Å²) in [5.74, 6) is 2.22. The lowest BCUT2D eigenvalue weighted by Crippen LogP contribution is -2.32. The number of hydrogen-bond donors (Lipinski definition) is 3. The molecule has 0 saturated heterocycles. The normalized spacial score (nSPS) is 11.9. The number of ether oxygens (including phenoxy) is 4. The third-order valence-electron chi connectivity index (χ3n) is 7.49. The minimum atomic E-state index is -0.709. The molecular weight excluding hydrogens is 574 g/mol. The van der Waals surface area contributed by atoms with E-state index >= 15 is 0 Å². The number of aromatic amines is 1. The Balaban J connectivity index is 1.15. The van der Waals surface area contributed by atoms with Crippen molar-refractivity contribution in [2.75, 3.05) is 46.8 Å². The van der Waals surface area contributed by atoms with Crippen LogP contribution in [0, 0.1) is 0 Å². The smallest absolute Gasteiger partial charge is 0.228 e. The van der Waals surface area contributed by atoms with Gasteiger partial charge in [-0.3, -0.25) is 14.5 Å². The van der Waals surface area contributed by atoms with Crippen molar-refractivity contribution in [1.82, 2.24) is 9.88 Å². The van der Waals surface area contributed by atoms with E-state index in [9.17, 15) is 14.7 Å². The molecule has 3 N–H and O–H groups in total. The number of nitrogens with one attached hydrogen (secondary N) is 2. The van der Waals surface area contributed by atoms with Gasteiger partial charge in [0.15, 0.2) is 16.9 Å². The fourth-order valence-corrected chi connectivity index (χ4v) is 5.35. The highest BCUT2D eigenvalue weighted by Crippen LogP contribution is 2.28. The molecule has 0 saturated carbocycles. The lowest BCUT2D eigenvalue weighted by atomic mass is 10.0. The first-order chi connectivity index (χ1) is 21.8. The van der Waals surface area contributed by atoms with Gasteiger partial charge < -0.3 is 34.4 Å². The molecule has 1 heterocycles. The number of fused-ring (bicyclic) bond motifs is 2. The lowest BCUT2D eigenvalue weighted by Gasteiger charge is -2.21. The average molecular weight is 612 g/mol. The molecule has 1 atom stereocenters. The zero-order valence-electron chi connectivity index (χ0n) is 25.8. The van der Waals surface area contributed by atoms with E-state index in [1.54, 1.807) is 75.9 Å². The Kier molecular flexibility index (Phi) is 9.86. The van der Waals surface area contributed by atoms with Crippen LogP contribution in [-0.2, 0) is 17.8 Å². The van der Waals surface area contributed by atoms with Gasteiger partial charge in [-0.25, -0.2) is 0 Å². The number of aliphatic hydroxyl groups is 1. The average Bonchev–Trinajstić information content (AvgIpc) is 3.04. The second-order valence-corrected chi connectivity index (χ2v) is 10.8. The largest absolute Gasteiger partial charge is 0.495 e. The van der Waals surface area contributed by atoms with Crippen molar-refractivity contribution in [3.05, 3.63) is 100 Å². The number of amides is 1. The molecular formula is C35H37N3O7. The van der Waals surface area contributed by atoms with Gasteiger partial charge in [-0.05, 0) is 72.8 Å². The number of benzene rings is 4. The molecule has 0 bridgehead atoms. The molecule has 1 aromatic heterocycles. The fraction of sp³-hybridized carbons (Fsp3) is 0.257. The molecule has 1 amide bonds. The van der Waals surface area contributed by atoms with Crippen LogP contribution < -0.4 is 29.7 Å². The van der Waals surface area contributed by atoms with Crippen LogP contribution in [0.15, 0.2) is 83.7 Å². The summed E-state index contributed by atoms with van der Waals surface area (Å²) in [6, 6.07) is 23.4. The molecule has 5 aromatic rings. The summed E-state index contributed by atoms with van der Waals surface area (Å²) in [5.41, 5.74) is 3.40. The van der Waals surface area contributed by atoms with Crippen molar-refractivity contribution in [1.29, 1.82) is 0 Å². The van der Waals surface area contributed by atoms with Gasteiger partial charge in [0.25, 0.3) is 0 Å². The SMILES string of the molecule is COc1ccc(CN(C)CC(O)COc2ccc(NC(=O)Cc3cccc4c(=O)c5cccc(OC)c5[nH]c34)cc2)cc1OC. The number of rotatable bonds is 13. The molecule has 234 valence electrons. The van der Waals surface area contributed by atoms with Crippen molar-refractivity contribution in [3.8, 4) is 23.0 Å². The first kappa shape index (κ1) is 31.4. The van der Waals surface area contributed by atoms with Gasteiger partial charge in [0, 0.05) is 29.5 Å². The van der Waals surface area contributed by atoms with Gasteiger partial charge >= 0.3 is 0 Å². The molecule has 4 aromatic carbocycles. The zero-order valence-corrected chi connectivity index (χ0v) is 25.8. The minimum absolute atomic E-state index is 0.0647. The van der Waals surface area contributed by atoms with Crippen LogP contribution in [0.5, 0.6) is 23.0 Å². The van der Waals surface area contributed by atoms with Gasteiger partial charge in [0.2, 0.25) is 5.91 Å². The number of methoxy groups -OCH3 is 3. The van der Waals surface area contributed by atoms with E-state index < -0.39 is 6.10 Å². The van der Waals surface area contributed by atoms with Crippen LogP contribution in [-0.4, -0.2) is 68.5 Å². The molecule has 0 aliphatic heterocycles. The van der Waals surface area contributed by atoms with E-state index in [0.717, 1.165) is 5.56 Å². The minimum Gasteiger partial charge on any atom is -0.495 e. The quantitative estimate of drug-likeness (QED) is 0.163. The van der Waals surface area contributed by atoms with Crippen LogP contribution in [0.3, 0.4) is 0 Å². The summed E-state index contributed by atoms with van der Waals surface area (Å²) in [7, 11) is 6.67. The molecule has 0 fully saturated rings. The highest BCUT2D eigenvalue weighted by atomic mass is 16.5. The topological polar surface area (TPSA) is 122 Å². The van der Waals surface area contributed by atoms with E-state index in [1.807, 2.05) is 36.2 Å². The van der Waals surface area contributed by atoms with Crippen molar-refractivity contribution < 1.29 is 28.8 Å². The summed E-state index contributed by atoms with van der Waals surface area (Å²) in [6.07, 6.45) is -0.645. The summed E-state index contributed by atoms with van der Waals surface area (Å²) >= 11 is 0. The molecule has 5 rings (SSSR count). The van der Waals surface area contributed by atoms with Crippen LogP contribution >= 0.6 is 0 Å². The Bertz CT molecular complexity index is 1850. The summed E-state index contributed by atoms with van der Waals surface area (Å²) < 4.78 is 21.9. The Labute approximate surface area is 261 Å². The molecule has 0 aliphatic carbocycles. The third kappa shape index (κ3) is 7.36. The number of aromatic nitrogens is 1. The standard InChI is InChI=1S/C35H37N3O7/c1-38(19-22-11-16-29(42-2)31(17-22)44-4)20-25(39)21-45-26-14-12-24(13-15-26)36-32(40)18-23-7-5-8-27-33(23)37-34-28(35(27)41)9-6-10-30(34)43-3/h5-17,25,39H,18-21H2,1-4H3,(H,36,40)(H,37,41). The van der Waals surface area contributed by atoms with Crippen molar-refractivity contribution >= 4 is 33.4 Å². The number of nitrogens with zero attached hydrogens (tertiary/aromatic N) is 1.